The maximum absolute atomic E-state index is 13.2. The van der Waals surface area contributed by atoms with E-state index in [1.54, 1.807) is 6.20 Å². The maximum Gasteiger partial charge on any atom is 0.303 e. The third-order valence-electron chi connectivity index (χ3n) is 2.42. The Morgan fingerprint density at radius 3 is 2.94 bits per heavy atom. The first-order valence-electron chi connectivity index (χ1n) is 4.74. The highest BCUT2D eigenvalue weighted by Gasteiger charge is 2.09. The highest BCUT2D eigenvalue weighted by molar-refractivity contribution is 6.31. The predicted octanol–water partition coefficient (Wildman–Crippen LogP) is 2.98. The minimum atomic E-state index is -0.871. The number of aromatic amines is 1. The monoisotopic (exact) mass is 241 g/mol. The van der Waals surface area contributed by atoms with E-state index in [0.717, 1.165) is 5.56 Å². The molecule has 0 bridgehead atoms. The fraction of sp³-hybridized carbons (Fsp3) is 0.182. The molecular weight excluding hydrogens is 233 g/mol. The van der Waals surface area contributed by atoms with Gasteiger partial charge in [-0.25, -0.2) is 4.39 Å². The number of hydrogen-bond acceptors (Lipinski definition) is 1. The lowest BCUT2D eigenvalue weighted by Crippen LogP contribution is -1.96. The molecule has 0 radical (unpaired) electrons. The zero-order valence-electron chi connectivity index (χ0n) is 8.26. The molecule has 0 spiro atoms. The lowest BCUT2D eigenvalue weighted by Gasteiger charge is -1.98. The molecule has 16 heavy (non-hydrogen) atoms. The first kappa shape index (κ1) is 11.0. The van der Waals surface area contributed by atoms with Gasteiger partial charge in [-0.15, -0.1) is 0 Å². The van der Waals surface area contributed by atoms with Crippen molar-refractivity contribution in [1.29, 1.82) is 0 Å². The Balaban J connectivity index is 2.40. The van der Waals surface area contributed by atoms with Crippen LogP contribution < -0.4 is 0 Å². The topological polar surface area (TPSA) is 53.1 Å². The molecule has 1 aromatic heterocycles. The average molecular weight is 242 g/mol. The number of benzene rings is 1. The van der Waals surface area contributed by atoms with Crippen molar-refractivity contribution in [2.24, 2.45) is 0 Å². The molecule has 1 heterocycles. The molecule has 0 unspecified atom stereocenters. The fourth-order valence-corrected chi connectivity index (χ4v) is 1.79. The van der Waals surface area contributed by atoms with E-state index < -0.39 is 11.8 Å². The summed E-state index contributed by atoms with van der Waals surface area (Å²) in [5.41, 5.74) is 1.50. The van der Waals surface area contributed by atoms with Gasteiger partial charge in [-0.05, 0) is 24.1 Å². The van der Waals surface area contributed by atoms with Crippen LogP contribution in [0, 0.1) is 5.82 Å². The van der Waals surface area contributed by atoms with Gasteiger partial charge in [0.05, 0.1) is 5.02 Å². The second-order valence-electron chi connectivity index (χ2n) is 3.52. The minimum Gasteiger partial charge on any atom is -0.481 e. The molecule has 0 amide bonds. The Morgan fingerprint density at radius 2 is 2.25 bits per heavy atom. The molecule has 3 nitrogen and oxygen atoms in total. The molecule has 0 atom stereocenters. The van der Waals surface area contributed by atoms with Gasteiger partial charge in [-0.1, -0.05) is 11.6 Å². The average Bonchev–Trinajstić information content (AvgIpc) is 2.58. The number of carbonyl (C=O) groups is 1. The zero-order valence-corrected chi connectivity index (χ0v) is 9.01. The molecule has 0 aliphatic heterocycles. The van der Waals surface area contributed by atoms with Crippen molar-refractivity contribution in [2.45, 2.75) is 12.8 Å². The third kappa shape index (κ3) is 2.02. The molecule has 1 aromatic carbocycles. The Hall–Kier alpha value is -1.55. The highest BCUT2D eigenvalue weighted by Crippen LogP contribution is 2.25. The van der Waals surface area contributed by atoms with Crippen LogP contribution in [0.15, 0.2) is 18.3 Å². The number of carboxylic acids is 1. The number of halogens is 2. The van der Waals surface area contributed by atoms with Crippen molar-refractivity contribution in [3.05, 3.63) is 34.7 Å². The maximum atomic E-state index is 13.2. The van der Waals surface area contributed by atoms with Gasteiger partial charge in [0.25, 0.3) is 0 Å². The number of rotatable bonds is 3. The van der Waals surface area contributed by atoms with Crippen LogP contribution in [0.3, 0.4) is 0 Å². The van der Waals surface area contributed by atoms with Gasteiger partial charge >= 0.3 is 5.97 Å². The van der Waals surface area contributed by atoms with E-state index in [1.165, 1.54) is 12.1 Å². The van der Waals surface area contributed by atoms with Crippen molar-refractivity contribution < 1.29 is 14.3 Å². The van der Waals surface area contributed by atoms with Crippen molar-refractivity contribution in [3.63, 3.8) is 0 Å². The second-order valence-corrected chi connectivity index (χ2v) is 3.93. The van der Waals surface area contributed by atoms with Crippen LogP contribution >= 0.6 is 11.6 Å². The van der Waals surface area contributed by atoms with Crippen LogP contribution in [0.2, 0.25) is 5.02 Å². The number of hydrogen-bond donors (Lipinski definition) is 2. The van der Waals surface area contributed by atoms with Gasteiger partial charge in [-0.2, -0.15) is 0 Å². The van der Waals surface area contributed by atoms with Crippen LogP contribution in [0.25, 0.3) is 10.9 Å². The smallest absolute Gasteiger partial charge is 0.303 e. The Labute approximate surface area is 95.8 Å². The highest BCUT2D eigenvalue weighted by atomic mass is 35.5. The van der Waals surface area contributed by atoms with E-state index in [2.05, 4.69) is 4.98 Å². The van der Waals surface area contributed by atoms with Gasteiger partial charge in [0, 0.05) is 23.5 Å². The van der Waals surface area contributed by atoms with Crippen LogP contribution in [0.1, 0.15) is 12.0 Å². The fourth-order valence-electron chi connectivity index (χ4n) is 1.62. The minimum absolute atomic E-state index is 0.0250. The summed E-state index contributed by atoms with van der Waals surface area (Å²) in [6.07, 6.45) is 2.08. The van der Waals surface area contributed by atoms with Crippen molar-refractivity contribution in [1.82, 2.24) is 4.98 Å². The first-order valence-corrected chi connectivity index (χ1v) is 5.12. The molecule has 0 saturated carbocycles. The SMILES string of the molecule is O=C(O)CCc1c[nH]c2cc(Cl)c(F)cc12. The summed E-state index contributed by atoms with van der Waals surface area (Å²) in [5.74, 6) is -1.37. The predicted molar refractivity (Wildman–Crippen MR) is 59.2 cm³/mol. The Morgan fingerprint density at radius 1 is 1.50 bits per heavy atom. The normalized spacial score (nSPS) is 10.9. The lowest BCUT2D eigenvalue weighted by molar-refractivity contribution is -0.136. The standard InChI is InChI=1S/C11H9ClFNO2/c12-8-4-10-7(3-9(8)13)6(5-14-10)1-2-11(15)16/h3-5,14H,1-2H2,(H,15,16). The number of aryl methyl sites for hydroxylation is 1. The van der Waals surface area contributed by atoms with Crippen molar-refractivity contribution >= 4 is 28.5 Å². The van der Waals surface area contributed by atoms with E-state index in [-0.39, 0.29) is 11.4 Å². The van der Waals surface area contributed by atoms with Gasteiger partial charge in [0.1, 0.15) is 5.82 Å². The molecule has 5 heteroatoms. The number of carboxylic acid groups (broad SMARTS) is 1. The zero-order chi connectivity index (χ0) is 11.7. The number of aromatic nitrogens is 1. The van der Waals surface area contributed by atoms with E-state index in [1.807, 2.05) is 0 Å². The summed E-state index contributed by atoms with van der Waals surface area (Å²) < 4.78 is 13.2. The first-order chi connectivity index (χ1) is 7.58. The number of fused-ring (bicyclic) bond motifs is 1. The number of nitrogens with one attached hydrogen (secondary N) is 1. The largest absolute Gasteiger partial charge is 0.481 e. The number of aliphatic carboxylic acids is 1. The second kappa shape index (κ2) is 4.14. The van der Waals surface area contributed by atoms with Crippen LogP contribution in [-0.2, 0) is 11.2 Å². The van der Waals surface area contributed by atoms with Crippen LogP contribution in [0.4, 0.5) is 4.39 Å². The number of H-pyrrole nitrogens is 1. The lowest BCUT2D eigenvalue weighted by atomic mass is 10.1. The molecule has 0 fully saturated rings. The van der Waals surface area contributed by atoms with Crippen molar-refractivity contribution in [2.75, 3.05) is 0 Å². The van der Waals surface area contributed by atoms with Crippen LogP contribution in [0.5, 0.6) is 0 Å². The van der Waals surface area contributed by atoms with E-state index in [9.17, 15) is 9.18 Å². The summed E-state index contributed by atoms with van der Waals surface area (Å²) in [4.78, 5) is 13.4. The molecule has 84 valence electrons. The van der Waals surface area contributed by atoms with Gasteiger partial charge in [0.15, 0.2) is 0 Å². The van der Waals surface area contributed by atoms with E-state index in [4.69, 9.17) is 16.7 Å². The molecule has 2 rings (SSSR count). The third-order valence-corrected chi connectivity index (χ3v) is 2.71. The summed E-state index contributed by atoms with van der Waals surface area (Å²) in [5, 5.41) is 9.32. The van der Waals surface area contributed by atoms with E-state index >= 15 is 0 Å². The van der Waals surface area contributed by atoms with Gasteiger partial charge in [-0.3, -0.25) is 4.79 Å². The Bertz CT molecular complexity index is 550. The van der Waals surface area contributed by atoms with Crippen LogP contribution in [-0.4, -0.2) is 16.1 Å². The molecule has 2 aromatic rings. The van der Waals surface area contributed by atoms with Crippen molar-refractivity contribution in [3.8, 4) is 0 Å². The van der Waals surface area contributed by atoms with E-state index in [0.29, 0.717) is 17.3 Å². The Kier molecular flexibility index (Phi) is 2.83. The molecular formula is C11H9ClFNO2. The molecule has 2 N–H and O–H groups in total. The summed E-state index contributed by atoms with van der Waals surface area (Å²) >= 11 is 5.64. The van der Waals surface area contributed by atoms with Gasteiger partial charge < -0.3 is 10.1 Å². The molecule has 0 aliphatic carbocycles. The summed E-state index contributed by atoms with van der Waals surface area (Å²) in [6.45, 7) is 0. The summed E-state index contributed by atoms with van der Waals surface area (Å²) in [7, 11) is 0. The molecule has 0 saturated heterocycles. The quantitative estimate of drug-likeness (QED) is 0.868. The summed E-state index contributed by atoms with van der Waals surface area (Å²) in [6, 6.07) is 2.82. The van der Waals surface area contributed by atoms with Gasteiger partial charge in [0.2, 0.25) is 0 Å². The molecule has 0 aliphatic rings.